The minimum atomic E-state index is 0.482. The summed E-state index contributed by atoms with van der Waals surface area (Å²) < 4.78 is 2.59. The number of nitrogens with zero attached hydrogens (tertiary/aromatic N) is 4. The van der Waals surface area contributed by atoms with Crippen LogP contribution in [-0.2, 0) is 7.05 Å². The maximum Gasteiger partial charge on any atom is 0.180 e. The summed E-state index contributed by atoms with van der Waals surface area (Å²) in [7, 11) is 1.86. The first-order valence-electron chi connectivity index (χ1n) is 6.03. The van der Waals surface area contributed by atoms with Gasteiger partial charge in [-0.2, -0.15) is 5.10 Å². The van der Waals surface area contributed by atoms with Gasteiger partial charge in [0, 0.05) is 18.8 Å². The van der Waals surface area contributed by atoms with Crippen molar-refractivity contribution in [1.82, 2.24) is 19.7 Å². The summed E-state index contributed by atoms with van der Waals surface area (Å²) in [5, 5.41) is 4.14. The maximum atomic E-state index is 6.03. The predicted molar refractivity (Wildman–Crippen MR) is 86.8 cm³/mol. The van der Waals surface area contributed by atoms with Crippen LogP contribution in [0, 0.1) is 3.57 Å². The molecule has 0 radical (unpaired) electrons. The van der Waals surface area contributed by atoms with E-state index in [9.17, 15) is 0 Å². The van der Waals surface area contributed by atoms with Crippen LogP contribution in [0.3, 0.4) is 0 Å². The predicted octanol–water partition coefficient (Wildman–Crippen LogP) is 2.73. The highest BCUT2D eigenvalue weighted by Gasteiger charge is 2.14. The third-order valence-electron chi connectivity index (χ3n) is 2.97. The molecule has 0 aliphatic carbocycles. The van der Waals surface area contributed by atoms with E-state index in [0.717, 1.165) is 20.5 Å². The van der Waals surface area contributed by atoms with Gasteiger partial charge in [-0.05, 0) is 28.7 Å². The number of rotatable bonds is 2. The Labute approximate surface area is 130 Å². The minimum absolute atomic E-state index is 0.482. The van der Waals surface area contributed by atoms with Crippen molar-refractivity contribution in [2.24, 2.45) is 7.05 Å². The van der Waals surface area contributed by atoms with Crippen LogP contribution in [0.1, 0.15) is 0 Å². The van der Waals surface area contributed by atoms with Gasteiger partial charge in [0.15, 0.2) is 5.82 Å². The quantitative estimate of drug-likeness (QED) is 0.698. The Balaban J connectivity index is 2.21. The molecule has 0 atom stereocenters. The lowest BCUT2D eigenvalue weighted by Gasteiger charge is -2.09. The molecular formula is C14H12IN5. The minimum Gasteiger partial charge on any atom is -0.383 e. The lowest BCUT2D eigenvalue weighted by Crippen LogP contribution is -2.04. The summed E-state index contributed by atoms with van der Waals surface area (Å²) in [5.74, 6) is 1.07. The Hall–Kier alpha value is -1.96. The van der Waals surface area contributed by atoms with Crippen molar-refractivity contribution in [2.75, 3.05) is 5.73 Å². The van der Waals surface area contributed by atoms with Gasteiger partial charge in [-0.15, -0.1) is 0 Å². The standard InChI is InChI=1S/C14H12IN5/c1-20-10(7-8-17-20)14-18-12(11(15)13(16)19-14)9-5-3-2-4-6-9/h2-8H,1H3,(H2,16,18,19). The van der Waals surface area contributed by atoms with E-state index in [4.69, 9.17) is 5.73 Å². The molecule has 0 fully saturated rings. The number of anilines is 1. The smallest absolute Gasteiger partial charge is 0.180 e. The first-order chi connectivity index (χ1) is 9.66. The average molecular weight is 377 g/mol. The zero-order chi connectivity index (χ0) is 14.1. The van der Waals surface area contributed by atoms with Gasteiger partial charge in [0.2, 0.25) is 0 Å². The molecule has 0 aliphatic rings. The van der Waals surface area contributed by atoms with Gasteiger partial charge in [-0.1, -0.05) is 30.3 Å². The van der Waals surface area contributed by atoms with E-state index in [2.05, 4.69) is 37.7 Å². The molecule has 0 saturated heterocycles. The number of halogens is 1. The molecule has 3 aromatic rings. The van der Waals surface area contributed by atoms with E-state index in [1.54, 1.807) is 10.9 Å². The molecule has 2 N–H and O–H groups in total. The van der Waals surface area contributed by atoms with E-state index in [-0.39, 0.29) is 0 Å². The Bertz CT molecular complexity index is 752. The maximum absolute atomic E-state index is 6.03. The second-order valence-electron chi connectivity index (χ2n) is 4.30. The van der Waals surface area contributed by atoms with Crippen LogP contribution in [-0.4, -0.2) is 19.7 Å². The van der Waals surface area contributed by atoms with E-state index < -0.39 is 0 Å². The largest absolute Gasteiger partial charge is 0.383 e. The normalized spacial score (nSPS) is 10.7. The van der Waals surface area contributed by atoms with Crippen LogP contribution in [0.5, 0.6) is 0 Å². The summed E-state index contributed by atoms with van der Waals surface area (Å²) in [5.41, 5.74) is 8.73. The van der Waals surface area contributed by atoms with E-state index in [1.807, 2.05) is 43.4 Å². The molecule has 2 aromatic heterocycles. The molecular weight excluding hydrogens is 365 g/mol. The SMILES string of the molecule is Cn1nccc1-c1nc(N)c(I)c(-c2ccccc2)n1. The highest BCUT2D eigenvalue weighted by atomic mass is 127. The third-order valence-corrected chi connectivity index (χ3v) is 4.04. The number of aryl methyl sites for hydroxylation is 1. The van der Waals surface area contributed by atoms with Gasteiger partial charge >= 0.3 is 0 Å². The van der Waals surface area contributed by atoms with Crippen LogP contribution >= 0.6 is 22.6 Å². The van der Waals surface area contributed by atoms with Gasteiger partial charge in [-0.3, -0.25) is 4.68 Å². The summed E-state index contributed by atoms with van der Waals surface area (Å²) in [6, 6.07) is 11.8. The van der Waals surface area contributed by atoms with Gasteiger partial charge in [0.25, 0.3) is 0 Å². The molecule has 0 bridgehead atoms. The van der Waals surface area contributed by atoms with Gasteiger partial charge in [-0.25, -0.2) is 9.97 Å². The Morgan fingerprint density at radius 2 is 1.85 bits per heavy atom. The van der Waals surface area contributed by atoms with Crippen molar-refractivity contribution in [1.29, 1.82) is 0 Å². The van der Waals surface area contributed by atoms with Crippen molar-refractivity contribution in [2.45, 2.75) is 0 Å². The molecule has 6 heteroatoms. The zero-order valence-electron chi connectivity index (χ0n) is 10.8. The fourth-order valence-electron chi connectivity index (χ4n) is 1.96. The molecule has 3 rings (SSSR count). The average Bonchev–Trinajstić information content (AvgIpc) is 2.89. The fourth-order valence-corrected chi connectivity index (χ4v) is 2.51. The van der Waals surface area contributed by atoms with Crippen LogP contribution in [0.2, 0.25) is 0 Å². The topological polar surface area (TPSA) is 69.6 Å². The highest BCUT2D eigenvalue weighted by Crippen LogP contribution is 2.28. The van der Waals surface area contributed by atoms with E-state index in [1.165, 1.54) is 0 Å². The Kier molecular flexibility index (Phi) is 3.39. The first-order valence-corrected chi connectivity index (χ1v) is 7.11. The van der Waals surface area contributed by atoms with Gasteiger partial charge in [0.1, 0.15) is 11.5 Å². The van der Waals surface area contributed by atoms with Crippen molar-refractivity contribution in [3.05, 3.63) is 46.2 Å². The lowest BCUT2D eigenvalue weighted by atomic mass is 10.1. The van der Waals surface area contributed by atoms with Crippen molar-refractivity contribution >= 4 is 28.4 Å². The summed E-state index contributed by atoms with van der Waals surface area (Å²) in [4.78, 5) is 9.01. The molecule has 0 saturated carbocycles. The molecule has 100 valence electrons. The molecule has 1 aromatic carbocycles. The highest BCUT2D eigenvalue weighted by molar-refractivity contribution is 14.1. The molecule has 0 unspecified atom stereocenters. The molecule has 2 heterocycles. The van der Waals surface area contributed by atoms with Gasteiger partial charge < -0.3 is 5.73 Å². The second kappa shape index (κ2) is 5.20. The van der Waals surface area contributed by atoms with Crippen molar-refractivity contribution in [3.8, 4) is 22.8 Å². The Morgan fingerprint density at radius 1 is 1.10 bits per heavy atom. The Morgan fingerprint density at radius 3 is 2.50 bits per heavy atom. The first kappa shape index (κ1) is 13.0. The van der Waals surface area contributed by atoms with E-state index >= 15 is 0 Å². The zero-order valence-corrected chi connectivity index (χ0v) is 12.9. The van der Waals surface area contributed by atoms with Crippen molar-refractivity contribution < 1.29 is 0 Å². The van der Waals surface area contributed by atoms with E-state index in [0.29, 0.717) is 11.6 Å². The summed E-state index contributed by atoms with van der Waals surface area (Å²) in [6.07, 6.45) is 1.72. The molecule has 20 heavy (non-hydrogen) atoms. The van der Waals surface area contributed by atoms with Crippen LogP contribution in [0.25, 0.3) is 22.8 Å². The molecule has 5 nitrogen and oxygen atoms in total. The number of aromatic nitrogens is 4. The molecule has 0 aliphatic heterocycles. The van der Waals surface area contributed by atoms with Crippen molar-refractivity contribution in [3.63, 3.8) is 0 Å². The number of nitrogen functional groups attached to an aromatic ring is 1. The number of hydrogen-bond donors (Lipinski definition) is 1. The second-order valence-corrected chi connectivity index (χ2v) is 5.38. The number of hydrogen-bond acceptors (Lipinski definition) is 4. The number of nitrogens with two attached hydrogens (primary N) is 1. The van der Waals surface area contributed by atoms with Crippen LogP contribution in [0.4, 0.5) is 5.82 Å². The molecule has 0 amide bonds. The molecule has 0 spiro atoms. The lowest BCUT2D eigenvalue weighted by molar-refractivity contribution is 0.770. The fraction of sp³-hybridized carbons (Fsp3) is 0.0714. The summed E-state index contributed by atoms with van der Waals surface area (Å²) in [6.45, 7) is 0. The van der Waals surface area contributed by atoms with Gasteiger partial charge in [0.05, 0.1) is 9.26 Å². The number of benzene rings is 1. The third kappa shape index (κ3) is 2.26. The summed E-state index contributed by atoms with van der Waals surface area (Å²) >= 11 is 2.18. The van der Waals surface area contributed by atoms with Crippen LogP contribution < -0.4 is 5.73 Å². The monoisotopic (exact) mass is 377 g/mol. The van der Waals surface area contributed by atoms with Crippen LogP contribution in [0.15, 0.2) is 42.6 Å².